The number of carboxylic acids is 1. The van der Waals surface area contributed by atoms with Gasteiger partial charge in [-0.05, 0) is 12.1 Å². The van der Waals surface area contributed by atoms with E-state index in [0.29, 0.717) is 12.3 Å². The molecule has 0 aliphatic carbocycles. The molecule has 1 N–H and O–H groups in total. The van der Waals surface area contributed by atoms with Crippen LogP contribution in [0.2, 0.25) is 0 Å². The molecular weight excluding hydrogens is 218 g/mol. The highest BCUT2D eigenvalue weighted by atomic mass is 16.4. The Bertz CT molecular complexity index is 529. The van der Waals surface area contributed by atoms with E-state index in [4.69, 9.17) is 5.11 Å². The van der Waals surface area contributed by atoms with Gasteiger partial charge in [0, 0.05) is 11.3 Å². The lowest BCUT2D eigenvalue weighted by molar-refractivity contribution is 0.0692. The van der Waals surface area contributed by atoms with Crippen molar-refractivity contribution in [1.29, 1.82) is 0 Å². The molecule has 86 valence electrons. The van der Waals surface area contributed by atoms with Crippen molar-refractivity contribution in [2.45, 2.75) is 6.42 Å². The Morgan fingerprint density at radius 1 is 1.24 bits per heavy atom. The number of hydrogen-bond donors (Lipinski definition) is 1. The van der Waals surface area contributed by atoms with Crippen LogP contribution in [0.15, 0.2) is 41.4 Å². The van der Waals surface area contributed by atoms with E-state index in [-0.39, 0.29) is 23.3 Å². The number of benzene rings is 1. The van der Waals surface area contributed by atoms with E-state index in [0.717, 1.165) is 0 Å². The van der Waals surface area contributed by atoms with Gasteiger partial charge in [-0.15, -0.1) is 0 Å². The number of aliphatic imine (C=N–C) groups is 1. The van der Waals surface area contributed by atoms with Gasteiger partial charge in [0.15, 0.2) is 5.78 Å². The van der Waals surface area contributed by atoms with Crippen LogP contribution in [0.4, 0.5) is 0 Å². The van der Waals surface area contributed by atoms with Crippen molar-refractivity contribution >= 4 is 17.5 Å². The summed E-state index contributed by atoms with van der Waals surface area (Å²) in [6.07, 6.45) is 3.81. The normalized spacial score (nSPS) is 13.5. The van der Waals surface area contributed by atoms with Crippen molar-refractivity contribution in [2.24, 2.45) is 4.99 Å². The first-order chi connectivity index (χ1) is 8.18. The Hall–Kier alpha value is -2.23. The van der Waals surface area contributed by atoms with Crippen LogP contribution in [0.1, 0.15) is 27.1 Å². The van der Waals surface area contributed by atoms with E-state index in [1.165, 1.54) is 12.1 Å². The first kappa shape index (κ1) is 11.3. The average Bonchev–Trinajstić information content (AvgIpc) is 2.81. The van der Waals surface area contributed by atoms with E-state index >= 15 is 0 Å². The lowest BCUT2D eigenvalue weighted by atomic mass is 10.00. The van der Waals surface area contributed by atoms with E-state index in [1.54, 1.807) is 18.2 Å². The Kier molecular flexibility index (Phi) is 3.14. The molecule has 0 saturated carbocycles. The minimum Gasteiger partial charge on any atom is -0.478 e. The number of carbonyl (C=O) groups is 2. The fraction of sp³-hybridized carbons (Fsp3) is 0.154. The van der Waals surface area contributed by atoms with Gasteiger partial charge in [0.05, 0.1) is 18.5 Å². The third-order valence-electron chi connectivity index (χ3n) is 2.51. The van der Waals surface area contributed by atoms with Gasteiger partial charge in [0.25, 0.3) is 0 Å². The molecule has 0 saturated heterocycles. The number of allylic oxidation sites excluding steroid dienone is 1. The van der Waals surface area contributed by atoms with E-state index in [1.807, 2.05) is 6.08 Å². The second-order valence-electron chi connectivity index (χ2n) is 3.69. The number of nitrogens with zero attached hydrogens (tertiary/aromatic N) is 1. The molecule has 0 aromatic heterocycles. The quantitative estimate of drug-likeness (QED) is 0.802. The van der Waals surface area contributed by atoms with Gasteiger partial charge in [-0.1, -0.05) is 24.3 Å². The molecule has 0 fully saturated rings. The van der Waals surface area contributed by atoms with Crippen molar-refractivity contribution in [3.05, 3.63) is 47.5 Å². The van der Waals surface area contributed by atoms with Crippen molar-refractivity contribution in [1.82, 2.24) is 0 Å². The topological polar surface area (TPSA) is 66.7 Å². The van der Waals surface area contributed by atoms with Gasteiger partial charge in [-0.3, -0.25) is 9.79 Å². The van der Waals surface area contributed by atoms with E-state index < -0.39 is 5.97 Å². The zero-order chi connectivity index (χ0) is 12.3. The molecule has 1 aromatic rings. The molecule has 1 aliphatic rings. The summed E-state index contributed by atoms with van der Waals surface area (Å²) < 4.78 is 0. The fourth-order valence-electron chi connectivity index (χ4n) is 1.70. The summed E-state index contributed by atoms with van der Waals surface area (Å²) in [4.78, 5) is 27.0. The predicted octanol–water partition coefficient (Wildman–Crippen LogP) is 1.97. The predicted molar refractivity (Wildman–Crippen MR) is 63.8 cm³/mol. The summed E-state index contributed by atoms with van der Waals surface area (Å²) >= 11 is 0. The summed E-state index contributed by atoms with van der Waals surface area (Å²) in [5.41, 5.74) is 0.985. The highest BCUT2D eigenvalue weighted by Gasteiger charge is 2.17. The molecule has 0 spiro atoms. The number of hydrogen-bond acceptors (Lipinski definition) is 3. The average molecular weight is 229 g/mol. The van der Waals surface area contributed by atoms with Gasteiger partial charge in [-0.25, -0.2) is 4.79 Å². The van der Waals surface area contributed by atoms with Crippen molar-refractivity contribution in [3.8, 4) is 0 Å². The Balaban J connectivity index is 2.24. The summed E-state index contributed by atoms with van der Waals surface area (Å²) in [7, 11) is 0. The lowest BCUT2D eigenvalue weighted by Crippen LogP contribution is -2.11. The van der Waals surface area contributed by atoms with Gasteiger partial charge in [-0.2, -0.15) is 0 Å². The molecule has 1 aromatic carbocycles. The smallest absolute Gasteiger partial charge is 0.336 e. The fourth-order valence-corrected chi connectivity index (χ4v) is 1.70. The largest absolute Gasteiger partial charge is 0.478 e. The molecule has 0 radical (unpaired) electrons. The Morgan fingerprint density at radius 3 is 2.53 bits per heavy atom. The van der Waals surface area contributed by atoms with Crippen LogP contribution in [0.25, 0.3) is 0 Å². The highest BCUT2D eigenvalue weighted by molar-refractivity contribution is 6.16. The van der Waals surface area contributed by atoms with Crippen LogP contribution < -0.4 is 0 Å². The third-order valence-corrected chi connectivity index (χ3v) is 2.51. The molecule has 2 rings (SSSR count). The van der Waals surface area contributed by atoms with Crippen molar-refractivity contribution in [2.75, 3.05) is 6.54 Å². The molecular formula is C13H11NO3. The van der Waals surface area contributed by atoms with Crippen LogP contribution in [0.3, 0.4) is 0 Å². The van der Waals surface area contributed by atoms with Crippen LogP contribution in [-0.4, -0.2) is 29.1 Å². The summed E-state index contributed by atoms with van der Waals surface area (Å²) in [6, 6.07) is 6.23. The second-order valence-corrected chi connectivity index (χ2v) is 3.69. The standard InChI is InChI=1S/C13H11NO3/c15-12(8-9-4-3-7-14-9)10-5-1-2-6-11(10)13(16)17/h1-6H,7-8H2,(H,16,17). The maximum absolute atomic E-state index is 11.9. The van der Waals surface area contributed by atoms with Crippen LogP contribution >= 0.6 is 0 Å². The molecule has 17 heavy (non-hydrogen) atoms. The number of carbonyl (C=O) groups excluding carboxylic acids is 1. The van der Waals surface area contributed by atoms with Crippen LogP contribution in [0, 0.1) is 0 Å². The molecule has 0 bridgehead atoms. The zero-order valence-corrected chi connectivity index (χ0v) is 9.09. The molecule has 0 unspecified atom stereocenters. The Labute approximate surface area is 98.3 Å². The van der Waals surface area contributed by atoms with Gasteiger partial charge in [0.1, 0.15) is 0 Å². The third kappa shape index (κ3) is 2.47. The maximum Gasteiger partial charge on any atom is 0.336 e. The van der Waals surface area contributed by atoms with Gasteiger partial charge < -0.3 is 5.11 Å². The molecule has 4 heteroatoms. The SMILES string of the molecule is O=C(O)c1ccccc1C(=O)CC1=NCC=C1. The molecule has 1 heterocycles. The minimum absolute atomic E-state index is 0.0417. The van der Waals surface area contributed by atoms with Crippen LogP contribution in [-0.2, 0) is 0 Å². The maximum atomic E-state index is 11.9. The van der Waals surface area contributed by atoms with Gasteiger partial charge >= 0.3 is 5.97 Å². The van der Waals surface area contributed by atoms with Crippen molar-refractivity contribution in [3.63, 3.8) is 0 Å². The second kappa shape index (κ2) is 4.74. The number of Topliss-reactive ketones (excluding diaryl/α,β-unsaturated/α-hetero) is 1. The molecule has 1 aliphatic heterocycles. The lowest BCUT2D eigenvalue weighted by Gasteiger charge is -2.04. The first-order valence-corrected chi connectivity index (χ1v) is 5.24. The number of ketones is 1. The molecule has 0 amide bonds. The monoisotopic (exact) mass is 229 g/mol. The summed E-state index contributed by atoms with van der Waals surface area (Å²) in [6.45, 7) is 0.600. The minimum atomic E-state index is -1.09. The molecule has 4 nitrogen and oxygen atoms in total. The summed E-state index contributed by atoms with van der Waals surface area (Å²) in [5, 5.41) is 8.98. The van der Waals surface area contributed by atoms with Gasteiger partial charge in [0.2, 0.25) is 0 Å². The van der Waals surface area contributed by atoms with Crippen molar-refractivity contribution < 1.29 is 14.7 Å². The highest BCUT2D eigenvalue weighted by Crippen LogP contribution is 2.13. The Morgan fingerprint density at radius 2 is 1.94 bits per heavy atom. The number of carboxylic acid groups (broad SMARTS) is 1. The van der Waals surface area contributed by atoms with E-state index in [9.17, 15) is 9.59 Å². The number of rotatable bonds is 4. The molecule has 0 atom stereocenters. The van der Waals surface area contributed by atoms with E-state index in [2.05, 4.69) is 4.99 Å². The van der Waals surface area contributed by atoms with Crippen LogP contribution in [0.5, 0.6) is 0 Å². The summed E-state index contributed by atoms with van der Waals surface area (Å²) in [5.74, 6) is -1.30. The first-order valence-electron chi connectivity index (χ1n) is 5.24. The zero-order valence-electron chi connectivity index (χ0n) is 9.09. The number of aromatic carboxylic acids is 1.